The van der Waals surface area contributed by atoms with Gasteiger partial charge in [-0.15, -0.1) is 24.8 Å². The topological polar surface area (TPSA) is 107 Å². The highest BCUT2D eigenvalue weighted by Crippen LogP contribution is 2.27. The van der Waals surface area contributed by atoms with E-state index in [9.17, 15) is 9.90 Å². The van der Waals surface area contributed by atoms with Gasteiger partial charge in [0.15, 0.2) is 0 Å². The predicted octanol–water partition coefficient (Wildman–Crippen LogP) is 2.99. The van der Waals surface area contributed by atoms with Crippen LogP contribution in [0.2, 0.25) is 6.32 Å². The van der Waals surface area contributed by atoms with E-state index < -0.39 is 18.6 Å². The van der Waals surface area contributed by atoms with Crippen LogP contribution >= 0.6 is 24.8 Å². The highest BCUT2D eigenvalue weighted by molar-refractivity contribution is 6.40. The molecule has 1 aliphatic heterocycles. The van der Waals surface area contributed by atoms with E-state index in [-0.39, 0.29) is 37.2 Å². The summed E-state index contributed by atoms with van der Waals surface area (Å²) in [7, 11) is -1.34. The zero-order valence-electron chi connectivity index (χ0n) is 17.8. The van der Waals surface area contributed by atoms with Crippen molar-refractivity contribution in [1.29, 1.82) is 0 Å². The molecule has 2 atom stereocenters. The predicted molar refractivity (Wildman–Crippen MR) is 126 cm³/mol. The maximum absolute atomic E-state index is 11.8. The fourth-order valence-corrected chi connectivity index (χ4v) is 4.27. The SMILES string of the molecule is CC(CC(N)(CCCCB(O)O)C(=O)O)N1CCC(Cc2ccccc2)CC1.Cl.Cl. The van der Waals surface area contributed by atoms with Gasteiger partial charge in [-0.25, -0.2) is 0 Å². The number of likely N-dealkylation sites (tertiary alicyclic amines) is 1. The molecule has 2 unspecified atom stereocenters. The molecule has 30 heavy (non-hydrogen) atoms. The van der Waals surface area contributed by atoms with Crippen molar-refractivity contribution < 1.29 is 19.9 Å². The number of carbonyl (C=O) groups is 1. The number of hydrogen-bond acceptors (Lipinski definition) is 5. The van der Waals surface area contributed by atoms with Crippen LogP contribution in [-0.2, 0) is 11.2 Å². The largest absolute Gasteiger partial charge is 0.480 e. The van der Waals surface area contributed by atoms with E-state index in [2.05, 4.69) is 36.1 Å². The first kappa shape index (κ1) is 29.2. The second-order valence-electron chi connectivity index (χ2n) is 8.41. The molecule has 1 fully saturated rings. The molecule has 0 aliphatic carbocycles. The molecule has 1 aromatic carbocycles. The third kappa shape index (κ3) is 9.54. The molecule has 0 aromatic heterocycles. The van der Waals surface area contributed by atoms with E-state index in [1.54, 1.807) is 0 Å². The van der Waals surface area contributed by atoms with E-state index >= 15 is 0 Å². The second-order valence-corrected chi connectivity index (χ2v) is 8.41. The van der Waals surface area contributed by atoms with E-state index in [0.717, 1.165) is 32.4 Å². The van der Waals surface area contributed by atoms with Crippen LogP contribution in [0.15, 0.2) is 30.3 Å². The Kier molecular flexibility index (Phi) is 13.9. The molecule has 1 aromatic rings. The summed E-state index contributed by atoms with van der Waals surface area (Å²) in [6, 6.07) is 10.7. The number of piperidine rings is 1. The first-order chi connectivity index (χ1) is 13.3. The Balaban J connectivity index is 0.00000420. The van der Waals surface area contributed by atoms with Gasteiger partial charge >= 0.3 is 13.1 Å². The molecular weight excluding hydrogens is 426 g/mol. The Labute approximate surface area is 193 Å². The lowest BCUT2D eigenvalue weighted by molar-refractivity contribution is -0.144. The minimum absolute atomic E-state index is 0. The molecule has 0 bridgehead atoms. The lowest BCUT2D eigenvalue weighted by atomic mass is 9.80. The Bertz CT molecular complexity index is 604. The molecule has 1 aliphatic rings. The van der Waals surface area contributed by atoms with E-state index in [0.29, 0.717) is 31.6 Å². The highest BCUT2D eigenvalue weighted by Gasteiger charge is 2.37. The number of halogens is 2. The number of rotatable bonds is 11. The van der Waals surface area contributed by atoms with Gasteiger partial charge in [0.2, 0.25) is 0 Å². The average molecular weight is 463 g/mol. The van der Waals surface area contributed by atoms with Gasteiger partial charge in [-0.05, 0) is 69.9 Å². The molecule has 0 spiro atoms. The monoisotopic (exact) mass is 462 g/mol. The molecule has 0 amide bonds. The zero-order valence-corrected chi connectivity index (χ0v) is 19.4. The summed E-state index contributed by atoms with van der Waals surface area (Å²) in [4.78, 5) is 14.1. The van der Waals surface area contributed by atoms with Gasteiger partial charge in [0, 0.05) is 6.04 Å². The fourth-order valence-electron chi connectivity index (χ4n) is 4.27. The molecule has 0 radical (unpaired) electrons. The minimum Gasteiger partial charge on any atom is -0.480 e. The lowest BCUT2D eigenvalue weighted by Crippen LogP contribution is -2.53. The van der Waals surface area contributed by atoms with Gasteiger partial charge in [0.25, 0.3) is 0 Å². The summed E-state index contributed by atoms with van der Waals surface area (Å²) in [5.74, 6) is -0.291. The van der Waals surface area contributed by atoms with Crippen molar-refractivity contribution in [2.75, 3.05) is 13.1 Å². The minimum atomic E-state index is -1.34. The number of unbranched alkanes of at least 4 members (excludes halogenated alkanes) is 1. The van der Waals surface area contributed by atoms with Gasteiger partial charge in [0.05, 0.1) is 0 Å². The van der Waals surface area contributed by atoms with Crippen LogP contribution in [-0.4, -0.2) is 57.8 Å². The number of nitrogens with zero attached hydrogens (tertiary/aromatic N) is 1. The van der Waals surface area contributed by atoms with Crippen molar-refractivity contribution >= 4 is 37.9 Å². The first-order valence-electron chi connectivity index (χ1n) is 10.5. The second kappa shape index (κ2) is 14.3. The molecule has 0 saturated carbocycles. The van der Waals surface area contributed by atoms with Crippen LogP contribution in [0.1, 0.15) is 51.0 Å². The van der Waals surface area contributed by atoms with Crippen LogP contribution < -0.4 is 5.73 Å². The molecular formula is C21H37BCl2N2O4. The fraction of sp³-hybridized carbons (Fsp3) is 0.667. The Hall–Kier alpha value is -0.825. The molecule has 9 heteroatoms. The summed E-state index contributed by atoms with van der Waals surface area (Å²) in [5.41, 5.74) is 6.36. The number of carboxylic acid groups (broad SMARTS) is 1. The van der Waals surface area contributed by atoms with Gasteiger partial charge in [-0.2, -0.15) is 0 Å². The third-order valence-electron chi connectivity index (χ3n) is 6.06. The van der Waals surface area contributed by atoms with Crippen molar-refractivity contribution in [2.24, 2.45) is 11.7 Å². The maximum atomic E-state index is 11.8. The molecule has 5 N–H and O–H groups in total. The van der Waals surface area contributed by atoms with Gasteiger partial charge in [-0.3, -0.25) is 4.79 Å². The molecule has 2 rings (SSSR count). The molecule has 1 heterocycles. The number of aliphatic carboxylic acids is 1. The van der Waals surface area contributed by atoms with Crippen LogP contribution in [0.3, 0.4) is 0 Å². The number of benzene rings is 1. The van der Waals surface area contributed by atoms with Crippen molar-refractivity contribution in [1.82, 2.24) is 4.90 Å². The highest BCUT2D eigenvalue weighted by atomic mass is 35.5. The summed E-state index contributed by atoms with van der Waals surface area (Å²) in [6.07, 6.45) is 5.50. The first-order valence-corrected chi connectivity index (χ1v) is 10.5. The molecule has 1 saturated heterocycles. The van der Waals surface area contributed by atoms with Crippen LogP contribution in [0.25, 0.3) is 0 Å². The summed E-state index contributed by atoms with van der Waals surface area (Å²) in [5, 5.41) is 27.5. The molecule has 172 valence electrons. The lowest BCUT2D eigenvalue weighted by Gasteiger charge is -2.39. The van der Waals surface area contributed by atoms with Crippen molar-refractivity contribution in [2.45, 2.75) is 69.8 Å². The van der Waals surface area contributed by atoms with Crippen molar-refractivity contribution in [3.8, 4) is 0 Å². The number of nitrogens with two attached hydrogens (primary N) is 1. The normalized spacial score (nSPS) is 17.9. The van der Waals surface area contributed by atoms with Crippen molar-refractivity contribution in [3.63, 3.8) is 0 Å². The van der Waals surface area contributed by atoms with E-state index in [4.69, 9.17) is 15.8 Å². The summed E-state index contributed by atoms with van der Waals surface area (Å²) < 4.78 is 0. The van der Waals surface area contributed by atoms with Crippen LogP contribution in [0, 0.1) is 5.92 Å². The number of carboxylic acids is 1. The Morgan fingerprint density at radius 2 is 1.80 bits per heavy atom. The van der Waals surface area contributed by atoms with Gasteiger partial charge in [0.1, 0.15) is 5.54 Å². The van der Waals surface area contributed by atoms with Gasteiger partial charge < -0.3 is 25.8 Å². The van der Waals surface area contributed by atoms with E-state index in [1.807, 2.05) is 6.07 Å². The standard InChI is InChI=1S/C21H35BN2O4.2ClH/c1-17(16-21(23,20(25)26)11-5-6-12-22(27)28)24-13-9-19(10-14-24)15-18-7-3-2-4-8-18;;/h2-4,7-8,17,19,27-28H,5-6,9-16,23H2,1H3,(H,25,26);2*1H. The van der Waals surface area contributed by atoms with Crippen LogP contribution in [0.5, 0.6) is 0 Å². The zero-order chi connectivity index (χ0) is 20.6. The Morgan fingerprint density at radius 1 is 1.20 bits per heavy atom. The quantitative estimate of drug-likeness (QED) is 0.297. The van der Waals surface area contributed by atoms with Gasteiger partial charge in [-0.1, -0.05) is 43.2 Å². The smallest absolute Gasteiger partial charge is 0.451 e. The van der Waals surface area contributed by atoms with Crippen molar-refractivity contribution in [3.05, 3.63) is 35.9 Å². The summed E-state index contributed by atoms with van der Waals surface area (Å²) >= 11 is 0. The average Bonchev–Trinajstić information content (AvgIpc) is 2.66. The number of hydrogen-bond donors (Lipinski definition) is 4. The Morgan fingerprint density at radius 3 is 2.33 bits per heavy atom. The van der Waals surface area contributed by atoms with E-state index in [1.165, 1.54) is 5.56 Å². The molecule has 6 nitrogen and oxygen atoms in total. The maximum Gasteiger partial charge on any atom is 0.451 e. The van der Waals surface area contributed by atoms with Crippen LogP contribution in [0.4, 0.5) is 0 Å². The third-order valence-corrected chi connectivity index (χ3v) is 6.06. The summed E-state index contributed by atoms with van der Waals surface area (Å²) in [6.45, 7) is 4.02.